The molecule has 0 atom stereocenters. The van der Waals surface area contributed by atoms with Crippen LogP contribution in [0.5, 0.6) is 5.88 Å². The van der Waals surface area contributed by atoms with Gasteiger partial charge in [0.05, 0.1) is 18.9 Å². The lowest BCUT2D eigenvalue weighted by Gasteiger charge is -2.21. The summed E-state index contributed by atoms with van der Waals surface area (Å²) in [5.74, 6) is 1.57. The summed E-state index contributed by atoms with van der Waals surface area (Å²) in [6, 6.07) is 3.31. The zero-order valence-corrected chi connectivity index (χ0v) is 14.7. The van der Waals surface area contributed by atoms with E-state index in [4.69, 9.17) is 4.74 Å². The molecule has 25 heavy (non-hydrogen) atoms. The smallest absolute Gasteiger partial charge is 0.257 e. The number of methoxy groups -OCH3 is 1. The van der Waals surface area contributed by atoms with Crippen LogP contribution in [0.25, 0.3) is 0 Å². The first kappa shape index (κ1) is 16.9. The van der Waals surface area contributed by atoms with Crippen LogP contribution in [0.2, 0.25) is 0 Å². The molecule has 132 valence electrons. The molecule has 3 rings (SSSR count). The Morgan fingerprint density at radius 1 is 1.20 bits per heavy atom. The van der Waals surface area contributed by atoms with Gasteiger partial charge in [0, 0.05) is 39.4 Å². The van der Waals surface area contributed by atoms with Crippen molar-refractivity contribution >= 4 is 23.4 Å². The van der Waals surface area contributed by atoms with Gasteiger partial charge in [-0.2, -0.15) is 4.98 Å². The molecule has 0 aromatic carbocycles. The van der Waals surface area contributed by atoms with Crippen LogP contribution in [-0.4, -0.2) is 55.2 Å². The summed E-state index contributed by atoms with van der Waals surface area (Å²) in [6.07, 6.45) is 5.45. The molecule has 1 fully saturated rings. The van der Waals surface area contributed by atoms with Crippen molar-refractivity contribution in [3.8, 4) is 5.88 Å². The number of nitrogens with zero attached hydrogens (tertiary/aromatic N) is 5. The Balaban J connectivity index is 1.81. The number of rotatable bonds is 5. The first-order valence-corrected chi connectivity index (χ1v) is 8.19. The molecular weight excluding hydrogens is 320 g/mol. The second-order valence-electron chi connectivity index (χ2n) is 6.04. The van der Waals surface area contributed by atoms with Gasteiger partial charge >= 0.3 is 0 Å². The molecule has 0 unspecified atom stereocenters. The van der Waals surface area contributed by atoms with Crippen molar-refractivity contribution in [2.45, 2.75) is 12.8 Å². The van der Waals surface area contributed by atoms with Crippen molar-refractivity contribution in [2.24, 2.45) is 0 Å². The van der Waals surface area contributed by atoms with E-state index >= 15 is 0 Å². The van der Waals surface area contributed by atoms with Gasteiger partial charge < -0.3 is 19.9 Å². The van der Waals surface area contributed by atoms with Gasteiger partial charge in [-0.1, -0.05) is 0 Å². The highest BCUT2D eigenvalue weighted by Crippen LogP contribution is 2.25. The van der Waals surface area contributed by atoms with Crippen LogP contribution in [0.15, 0.2) is 24.5 Å². The van der Waals surface area contributed by atoms with Gasteiger partial charge in [-0.05, 0) is 18.9 Å². The van der Waals surface area contributed by atoms with Crippen LogP contribution in [0.1, 0.15) is 23.2 Å². The quantitative estimate of drug-likeness (QED) is 0.887. The van der Waals surface area contributed by atoms with Crippen molar-refractivity contribution in [2.75, 3.05) is 49.4 Å². The molecule has 1 aliphatic heterocycles. The highest BCUT2D eigenvalue weighted by atomic mass is 16.5. The van der Waals surface area contributed by atoms with Crippen molar-refractivity contribution in [1.82, 2.24) is 15.0 Å². The molecule has 1 amide bonds. The fourth-order valence-corrected chi connectivity index (χ4v) is 2.69. The summed E-state index contributed by atoms with van der Waals surface area (Å²) in [5, 5.41) is 2.86. The molecule has 0 aliphatic carbocycles. The Hall–Kier alpha value is -2.90. The van der Waals surface area contributed by atoms with Gasteiger partial charge in [0.25, 0.3) is 5.91 Å². The van der Waals surface area contributed by atoms with Gasteiger partial charge in [0.15, 0.2) is 5.82 Å². The monoisotopic (exact) mass is 342 g/mol. The third-order valence-electron chi connectivity index (χ3n) is 4.02. The number of aromatic nitrogens is 3. The average molecular weight is 342 g/mol. The van der Waals surface area contributed by atoms with E-state index in [0.717, 1.165) is 25.9 Å². The summed E-state index contributed by atoms with van der Waals surface area (Å²) in [4.78, 5) is 29.6. The van der Waals surface area contributed by atoms with E-state index in [1.165, 1.54) is 13.3 Å². The Kier molecular flexibility index (Phi) is 4.97. The summed E-state index contributed by atoms with van der Waals surface area (Å²) < 4.78 is 5.01. The lowest BCUT2D eigenvalue weighted by molar-refractivity contribution is 0.102. The molecule has 1 N–H and O–H groups in total. The fourth-order valence-electron chi connectivity index (χ4n) is 2.69. The average Bonchev–Trinajstić information content (AvgIpc) is 3.16. The van der Waals surface area contributed by atoms with Gasteiger partial charge in [0.2, 0.25) is 11.8 Å². The number of carbonyl (C=O) groups excluding carboxylic acids is 1. The van der Waals surface area contributed by atoms with Gasteiger partial charge in [-0.25, -0.2) is 9.97 Å². The number of amides is 1. The maximum Gasteiger partial charge on any atom is 0.257 e. The number of carbonyl (C=O) groups is 1. The predicted octanol–water partition coefficient (Wildman–Crippen LogP) is 1.80. The topological polar surface area (TPSA) is 83.5 Å². The number of hydrogen-bond donors (Lipinski definition) is 1. The van der Waals surface area contributed by atoms with E-state index in [-0.39, 0.29) is 5.91 Å². The highest BCUT2D eigenvalue weighted by Gasteiger charge is 2.19. The normalized spacial score (nSPS) is 13.6. The molecule has 8 heteroatoms. The second-order valence-corrected chi connectivity index (χ2v) is 6.04. The van der Waals surface area contributed by atoms with Crippen LogP contribution in [0.3, 0.4) is 0 Å². The van der Waals surface area contributed by atoms with Crippen molar-refractivity contribution in [3.05, 3.63) is 30.1 Å². The minimum Gasteiger partial charge on any atom is -0.481 e. The number of nitrogens with one attached hydrogen (secondary N) is 1. The number of anilines is 3. The first-order valence-electron chi connectivity index (χ1n) is 8.19. The zero-order valence-electron chi connectivity index (χ0n) is 14.7. The van der Waals surface area contributed by atoms with E-state index < -0.39 is 0 Å². The second kappa shape index (κ2) is 7.33. The van der Waals surface area contributed by atoms with E-state index in [1.807, 2.05) is 19.0 Å². The maximum absolute atomic E-state index is 12.5. The van der Waals surface area contributed by atoms with E-state index in [2.05, 4.69) is 25.2 Å². The Labute approximate surface area is 146 Å². The maximum atomic E-state index is 12.5. The van der Waals surface area contributed by atoms with Crippen molar-refractivity contribution < 1.29 is 9.53 Å². The predicted molar refractivity (Wildman–Crippen MR) is 96.5 cm³/mol. The largest absolute Gasteiger partial charge is 0.481 e. The molecule has 0 spiro atoms. The molecule has 3 heterocycles. The van der Waals surface area contributed by atoms with Gasteiger partial charge in [-0.15, -0.1) is 0 Å². The summed E-state index contributed by atoms with van der Waals surface area (Å²) in [6.45, 7) is 1.94. The van der Waals surface area contributed by atoms with Crippen LogP contribution in [-0.2, 0) is 0 Å². The minimum atomic E-state index is -0.268. The lowest BCUT2D eigenvalue weighted by Crippen LogP contribution is -2.23. The lowest BCUT2D eigenvalue weighted by atomic mass is 10.2. The van der Waals surface area contributed by atoms with Gasteiger partial charge in [0.1, 0.15) is 5.69 Å². The molecular formula is C17H22N6O2. The van der Waals surface area contributed by atoms with Crippen LogP contribution in [0, 0.1) is 0 Å². The van der Waals surface area contributed by atoms with Crippen LogP contribution in [0.4, 0.5) is 17.5 Å². The molecule has 0 radical (unpaired) electrons. The Morgan fingerprint density at radius 2 is 1.96 bits per heavy atom. The zero-order chi connectivity index (χ0) is 17.8. The van der Waals surface area contributed by atoms with Crippen molar-refractivity contribution in [1.29, 1.82) is 0 Å². The highest BCUT2D eigenvalue weighted by molar-refractivity contribution is 6.05. The fraction of sp³-hybridized carbons (Fsp3) is 0.412. The van der Waals surface area contributed by atoms with E-state index in [9.17, 15) is 4.79 Å². The Bertz CT molecular complexity index is 741. The number of pyridine rings is 1. The molecule has 2 aromatic rings. The Morgan fingerprint density at radius 3 is 2.56 bits per heavy atom. The standard InChI is InChI=1S/C17H22N6O2/c1-22(2)15-13(11-19-17(21-15)23-8-4-5-9-23)20-16(24)12-6-7-14(25-3)18-10-12/h6-7,10-11H,4-5,8-9H2,1-3H3,(H,20,24). The van der Waals surface area contributed by atoms with E-state index in [0.29, 0.717) is 28.9 Å². The summed E-state index contributed by atoms with van der Waals surface area (Å²) in [5.41, 5.74) is 1.00. The van der Waals surface area contributed by atoms with E-state index in [1.54, 1.807) is 18.3 Å². The van der Waals surface area contributed by atoms with Gasteiger partial charge in [-0.3, -0.25) is 4.79 Å². The third kappa shape index (κ3) is 3.78. The first-order chi connectivity index (χ1) is 12.1. The van der Waals surface area contributed by atoms with Crippen LogP contribution < -0.4 is 19.9 Å². The number of hydrogen-bond acceptors (Lipinski definition) is 7. The van der Waals surface area contributed by atoms with Crippen LogP contribution >= 0.6 is 0 Å². The molecule has 1 saturated heterocycles. The SMILES string of the molecule is COc1ccc(C(=O)Nc2cnc(N3CCCC3)nc2N(C)C)cn1. The molecule has 1 aliphatic rings. The van der Waals surface area contributed by atoms with Crippen molar-refractivity contribution in [3.63, 3.8) is 0 Å². The minimum absolute atomic E-state index is 0.268. The molecule has 0 saturated carbocycles. The third-order valence-corrected chi connectivity index (χ3v) is 4.02. The number of ether oxygens (including phenoxy) is 1. The molecule has 0 bridgehead atoms. The molecule has 2 aromatic heterocycles. The summed E-state index contributed by atoms with van der Waals surface area (Å²) >= 11 is 0. The summed E-state index contributed by atoms with van der Waals surface area (Å²) in [7, 11) is 5.31. The molecule has 8 nitrogen and oxygen atoms in total.